The van der Waals surface area contributed by atoms with E-state index in [-0.39, 0.29) is 17.4 Å². The molecule has 0 bridgehead atoms. The van der Waals surface area contributed by atoms with Gasteiger partial charge in [-0.2, -0.15) is 13.2 Å². The van der Waals surface area contributed by atoms with Gasteiger partial charge < -0.3 is 9.80 Å². The molecule has 30 heavy (non-hydrogen) atoms. The number of halogens is 4. The zero-order valence-corrected chi connectivity index (χ0v) is 17.2. The molecule has 4 nitrogen and oxygen atoms in total. The highest BCUT2D eigenvalue weighted by Crippen LogP contribution is 2.36. The van der Waals surface area contributed by atoms with Crippen molar-refractivity contribution in [3.8, 4) is 0 Å². The Kier molecular flexibility index (Phi) is 5.46. The summed E-state index contributed by atoms with van der Waals surface area (Å²) in [4.78, 5) is 29.2. The van der Waals surface area contributed by atoms with Gasteiger partial charge in [-0.3, -0.25) is 9.59 Å². The van der Waals surface area contributed by atoms with E-state index >= 15 is 0 Å². The van der Waals surface area contributed by atoms with Gasteiger partial charge in [-0.1, -0.05) is 29.8 Å². The Bertz CT molecular complexity index is 1100. The molecule has 156 valence electrons. The lowest BCUT2D eigenvalue weighted by molar-refractivity contribution is -0.137. The van der Waals surface area contributed by atoms with Crippen LogP contribution in [0.1, 0.15) is 25.6 Å². The minimum atomic E-state index is -4.44. The number of piperazine rings is 1. The van der Waals surface area contributed by atoms with Crippen molar-refractivity contribution in [1.82, 2.24) is 9.80 Å². The molecule has 0 aliphatic carbocycles. The number of benzene rings is 2. The van der Waals surface area contributed by atoms with E-state index in [0.29, 0.717) is 36.1 Å². The van der Waals surface area contributed by atoms with Crippen LogP contribution in [0.3, 0.4) is 0 Å². The van der Waals surface area contributed by atoms with Crippen LogP contribution in [0.15, 0.2) is 48.5 Å². The van der Waals surface area contributed by atoms with Gasteiger partial charge in [-0.15, -0.1) is 11.3 Å². The van der Waals surface area contributed by atoms with Crippen LogP contribution in [0.4, 0.5) is 13.2 Å². The zero-order chi connectivity index (χ0) is 21.5. The third-order valence-electron chi connectivity index (χ3n) is 5.04. The lowest BCUT2D eigenvalue weighted by Crippen LogP contribution is -2.50. The minimum absolute atomic E-state index is 0.178. The average molecular weight is 453 g/mol. The van der Waals surface area contributed by atoms with Gasteiger partial charge in [-0.25, -0.2) is 0 Å². The molecule has 3 aromatic rings. The van der Waals surface area contributed by atoms with Crippen molar-refractivity contribution in [2.45, 2.75) is 6.18 Å². The molecule has 0 saturated carbocycles. The fourth-order valence-electron chi connectivity index (χ4n) is 3.39. The fourth-order valence-corrected chi connectivity index (χ4v) is 4.87. The number of fused-ring (bicyclic) bond motifs is 1. The largest absolute Gasteiger partial charge is 0.416 e. The molecule has 0 atom stereocenters. The highest BCUT2D eigenvalue weighted by Gasteiger charge is 2.31. The van der Waals surface area contributed by atoms with E-state index in [1.54, 1.807) is 9.80 Å². The summed E-state index contributed by atoms with van der Waals surface area (Å²) in [5.41, 5.74) is -0.606. The molecular formula is C21H16ClF3N2O2S. The number of thiophene rings is 1. The second-order valence-electron chi connectivity index (χ2n) is 6.90. The average Bonchev–Trinajstić information content (AvgIpc) is 3.09. The summed E-state index contributed by atoms with van der Waals surface area (Å²) in [5, 5.41) is 1.27. The SMILES string of the molecule is O=C(c1ccc(C(F)(F)F)cc1)N1CCN(C(=O)c2sc3ccccc3c2Cl)CC1. The number of rotatable bonds is 2. The Morgan fingerprint density at radius 3 is 2.00 bits per heavy atom. The molecule has 0 spiro atoms. The molecule has 1 aliphatic rings. The highest BCUT2D eigenvalue weighted by atomic mass is 35.5. The molecule has 2 heterocycles. The third kappa shape index (κ3) is 3.89. The predicted molar refractivity (Wildman–Crippen MR) is 110 cm³/mol. The number of amides is 2. The van der Waals surface area contributed by atoms with Crippen molar-refractivity contribution in [1.29, 1.82) is 0 Å². The van der Waals surface area contributed by atoms with Crippen LogP contribution in [0.25, 0.3) is 10.1 Å². The zero-order valence-electron chi connectivity index (χ0n) is 15.6. The van der Waals surface area contributed by atoms with Gasteiger partial charge in [0.1, 0.15) is 4.88 Å². The number of alkyl halides is 3. The lowest BCUT2D eigenvalue weighted by atomic mass is 10.1. The second-order valence-corrected chi connectivity index (χ2v) is 8.33. The fraction of sp³-hybridized carbons (Fsp3) is 0.238. The number of carbonyl (C=O) groups is 2. The van der Waals surface area contributed by atoms with E-state index in [9.17, 15) is 22.8 Å². The Morgan fingerprint density at radius 1 is 0.867 bits per heavy atom. The Labute approximate surface area is 179 Å². The van der Waals surface area contributed by atoms with Crippen molar-refractivity contribution in [2.24, 2.45) is 0 Å². The molecule has 1 saturated heterocycles. The maximum atomic E-state index is 12.9. The number of carbonyl (C=O) groups excluding carboxylic acids is 2. The summed E-state index contributed by atoms with van der Waals surface area (Å²) >= 11 is 7.73. The monoisotopic (exact) mass is 452 g/mol. The number of hydrogen-bond acceptors (Lipinski definition) is 3. The summed E-state index contributed by atoms with van der Waals surface area (Å²) in [5.74, 6) is -0.529. The van der Waals surface area contributed by atoms with Crippen molar-refractivity contribution in [2.75, 3.05) is 26.2 Å². The first-order valence-electron chi connectivity index (χ1n) is 9.18. The van der Waals surface area contributed by atoms with Crippen LogP contribution in [-0.4, -0.2) is 47.8 Å². The van der Waals surface area contributed by atoms with E-state index in [1.807, 2.05) is 24.3 Å². The molecule has 2 aromatic carbocycles. The van der Waals surface area contributed by atoms with Crippen LogP contribution in [0.2, 0.25) is 5.02 Å². The maximum absolute atomic E-state index is 12.9. The topological polar surface area (TPSA) is 40.6 Å². The van der Waals surface area contributed by atoms with E-state index in [2.05, 4.69) is 0 Å². The Hall–Kier alpha value is -2.58. The molecule has 2 amide bonds. The van der Waals surface area contributed by atoms with E-state index in [1.165, 1.54) is 23.5 Å². The molecule has 1 fully saturated rings. The number of hydrogen-bond donors (Lipinski definition) is 0. The van der Waals surface area contributed by atoms with Crippen molar-refractivity contribution in [3.63, 3.8) is 0 Å². The third-order valence-corrected chi connectivity index (χ3v) is 6.71. The first-order chi connectivity index (χ1) is 14.3. The van der Waals surface area contributed by atoms with Gasteiger partial charge in [0, 0.05) is 41.8 Å². The van der Waals surface area contributed by atoms with Gasteiger partial charge in [0.25, 0.3) is 11.8 Å². The molecule has 4 rings (SSSR count). The van der Waals surface area contributed by atoms with Crippen LogP contribution >= 0.6 is 22.9 Å². The lowest BCUT2D eigenvalue weighted by Gasteiger charge is -2.34. The van der Waals surface area contributed by atoms with E-state index < -0.39 is 11.7 Å². The van der Waals surface area contributed by atoms with Crippen LogP contribution < -0.4 is 0 Å². The minimum Gasteiger partial charge on any atom is -0.335 e. The Balaban J connectivity index is 1.42. The maximum Gasteiger partial charge on any atom is 0.416 e. The first kappa shape index (κ1) is 20.7. The summed E-state index contributed by atoms with van der Waals surface area (Å²) in [7, 11) is 0. The van der Waals surface area contributed by atoms with Crippen LogP contribution in [0.5, 0.6) is 0 Å². The number of nitrogens with zero attached hydrogens (tertiary/aromatic N) is 2. The second kappa shape index (κ2) is 7.92. The Morgan fingerprint density at radius 2 is 1.43 bits per heavy atom. The van der Waals surface area contributed by atoms with Crippen molar-refractivity contribution < 1.29 is 22.8 Å². The molecule has 9 heteroatoms. The van der Waals surface area contributed by atoms with Crippen molar-refractivity contribution >= 4 is 44.8 Å². The smallest absolute Gasteiger partial charge is 0.335 e. The van der Waals surface area contributed by atoms with Gasteiger partial charge >= 0.3 is 6.18 Å². The summed E-state index contributed by atoms with van der Waals surface area (Å²) in [6.45, 7) is 1.26. The summed E-state index contributed by atoms with van der Waals surface area (Å²) in [6, 6.07) is 11.7. The first-order valence-corrected chi connectivity index (χ1v) is 10.4. The molecular weight excluding hydrogens is 437 g/mol. The molecule has 0 unspecified atom stereocenters. The highest BCUT2D eigenvalue weighted by molar-refractivity contribution is 7.21. The summed E-state index contributed by atoms with van der Waals surface area (Å²) in [6.07, 6.45) is -4.44. The van der Waals surface area contributed by atoms with Crippen LogP contribution in [-0.2, 0) is 6.18 Å². The quantitative estimate of drug-likeness (QED) is 0.538. The normalized spacial score (nSPS) is 14.9. The van der Waals surface area contributed by atoms with Gasteiger partial charge in [0.15, 0.2) is 0 Å². The molecule has 0 radical (unpaired) electrons. The molecule has 1 aromatic heterocycles. The van der Waals surface area contributed by atoms with Crippen molar-refractivity contribution in [3.05, 3.63) is 69.6 Å². The van der Waals surface area contributed by atoms with E-state index in [0.717, 1.165) is 22.2 Å². The van der Waals surface area contributed by atoms with Gasteiger partial charge in [0.05, 0.1) is 10.6 Å². The summed E-state index contributed by atoms with van der Waals surface area (Å²) < 4.78 is 39.0. The molecule has 1 aliphatic heterocycles. The standard InChI is InChI=1S/C21H16ClF3N2O2S/c22-17-15-3-1-2-4-16(15)30-18(17)20(29)27-11-9-26(10-12-27)19(28)13-5-7-14(8-6-13)21(23,24)25/h1-8H,9-12H2. The molecule has 0 N–H and O–H groups in total. The predicted octanol–water partition coefficient (Wildman–Crippen LogP) is 5.17. The van der Waals surface area contributed by atoms with Crippen LogP contribution in [0, 0.1) is 0 Å². The van der Waals surface area contributed by atoms with E-state index in [4.69, 9.17) is 11.6 Å². The van der Waals surface area contributed by atoms with Gasteiger partial charge in [0.2, 0.25) is 0 Å². The van der Waals surface area contributed by atoms with Gasteiger partial charge in [-0.05, 0) is 30.3 Å².